The number of fused-ring (bicyclic) bond motifs is 1. The average molecular weight is 372 g/mol. The lowest BCUT2D eigenvalue weighted by molar-refractivity contribution is -0.612. The van der Waals surface area contributed by atoms with Gasteiger partial charge in [-0.15, -0.1) is 0 Å². The van der Waals surface area contributed by atoms with Crippen molar-refractivity contribution in [1.82, 2.24) is 0 Å². The zero-order chi connectivity index (χ0) is 17.7. The molecule has 0 atom stereocenters. The lowest BCUT2D eigenvalue weighted by Gasteiger charge is -1.98. The van der Waals surface area contributed by atoms with Gasteiger partial charge in [-0.05, 0) is 6.07 Å². The standard InChI is InChI=1S/C11H13N2O3S2.BF4/c1-18(15,16)12-13-9-5-2-3-6-10(9)17-11(13)7-4-8-14;2-1(3,4)5/h2-3,5-6,8,12H,4,7H2,1H3;/q+1;-1. The fourth-order valence-corrected chi connectivity index (χ4v) is 3.36. The van der Waals surface area contributed by atoms with Crippen molar-refractivity contribution in [3.05, 3.63) is 29.3 Å². The topological polar surface area (TPSA) is 67.1 Å². The van der Waals surface area contributed by atoms with Crippen molar-refractivity contribution in [1.29, 1.82) is 0 Å². The average Bonchev–Trinajstić information content (AvgIpc) is 2.71. The molecule has 12 heteroatoms. The third-order valence-corrected chi connectivity index (χ3v) is 4.02. The number of hydrogen-bond donors (Lipinski definition) is 1. The number of halogens is 4. The number of aromatic nitrogens is 1. The molecule has 23 heavy (non-hydrogen) atoms. The van der Waals surface area contributed by atoms with E-state index in [0.29, 0.717) is 12.8 Å². The smallest absolute Gasteiger partial charge is 0.418 e. The van der Waals surface area contributed by atoms with Crippen molar-refractivity contribution in [3.8, 4) is 0 Å². The Bertz CT molecular complexity index is 771. The summed E-state index contributed by atoms with van der Waals surface area (Å²) in [4.78, 5) is 12.9. The maximum Gasteiger partial charge on any atom is 0.673 e. The monoisotopic (exact) mass is 372 g/mol. The fraction of sp³-hybridized carbons (Fsp3) is 0.273. The molecular weight excluding hydrogens is 359 g/mol. The normalized spacial score (nSPS) is 11.7. The van der Waals surface area contributed by atoms with Crippen LogP contribution in [0.2, 0.25) is 0 Å². The SMILES string of the molecule is CS(=O)(=O)N[n+]1c(CCC=O)sc2ccccc21.F[B-](F)(F)F. The van der Waals surface area contributed by atoms with E-state index in [2.05, 4.69) is 4.83 Å². The first-order chi connectivity index (χ1) is 10.5. The lowest BCUT2D eigenvalue weighted by Crippen LogP contribution is -2.49. The molecule has 1 N–H and O–H groups in total. The third-order valence-electron chi connectivity index (χ3n) is 2.32. The van der Waals surface area contributed by atoms with Crippen molar-refractivity contribution in [3.63, 3.8) is 0 Å². The van der Waals surface area contributed by atoms with Crippen LogP contribution in [0.4, 0.5) is 17.3 Å². The molecule has 0 aliphatic carbocycles. The number of carbonyl (C=O) groups excluding carboxylic acids is 1. The Morgan fingerprint density at radius 3 is 2.35 bits per heavy atom. The predicted octanol–water partition coefficient (Wildman–Crippen LogP) is 2.12. The molecule has 0 saturated carbocycles. The molecule has 1 aromatic carbocycles. The number of aryl methyl sites for hydroxylation is 1. The molecule has 0 saturated heterocycles. The van der Waals surface area contributed by atoms with Gasteiger partial charge in [0.2, 0.25) is 0 Å². The molecule has 0 radical (unpaired) electrons. The molecule has 1 heterocycles. The summed E-state index contributed by atoms with van der Waals surface area (Å²) < 4.78 is 64.3. The molecule has 2 rings (SSSR count). The molecule has 1 aromatic heterocycles. The first-order valence-corrected chi connectivity index (χ1v) is 8.93. The highest BCUT2D eigenvalue weighted by molar-refractivity contribution is 7.91. The largest absolute Gasteiger partial charge is 0.673 e. The second-order valence-electron chi connectivity index (χ2n) is 4.36. The quantitative estimate of drug-likeness (QED) is 0.379. The van der Waals surface area contributed by atoms with Crippen LogP contribution in [-0.2, 0) is 21.2 Å². The van der Waals surface area contributed by atoms with Gasteiger partial charge in [0, 0.05) is 12.5 Å². The van der Waals surface area contributed by atoms with E-state index in [1.807, 2.05) is 24.3 Å². The van der Waals surface area contributed by atoms with Gasteiger partial charge in [0.15, 0.2) is 0 Å². The minimum Gasteiger partial charge on any atom is -0.418 e. The van der Waals surface area contributed by atoms with Crippen molar-refractivity contribution < 1.29 is 35.2 Å². The van der Waals surface area contributed by atoms with E-state index in [4.69, 9.17) is 0 Å². The third kappa shape index (κ3) is 7.42. The molecule has 0 aliphatic rings. The summed E-state index contributed by atoms with van der Waals surface area (Å²) in [7, 11) is -9.35. The molecule has 0 spiro atoms. The number of sulfonamides is 1. The number of thiazole rings is 1. The van der Waals surface area contributed by atoms with Crippen LogP contribution in [0.15, 0.2) is 24.3 Å². The summed E-state index contributed by atoms with van der Waals surface area (Å²) in [6, 6.07) is 7.51. The highest BCUT2D eigenvalue weighted by atomic mass is 32.2. The molecule has 128 valence electrons. The van der Waals surface area contributed by atoms with Gasteiger partial charge in [-0.1, -0.05) is 33.0 Å². The lowest BCUT2D eigenvalue weighted by atomic mass is 10.3. The maximum atomic E-state index is 11.4. The Morgan fingerprint density at radius 2 is 1.83 bits per heavy atom. The first kappa shape index (κ1) is 19.4. The Hall–Kier alpha value is -1.69. The highest BCUT2D eigenvalue weighted by Crippen LogP contribution is 2.20. The zero-order valence-electron chi connectivity index (χ0n) is 11.9. The van der Waals surface area contributed by atoms with E-state index in [0.717, 1.165) is 27.8 Å². The predicted molar refractivity (Wildman–Crippen MR) is 80.8 cm³/mol. The van der Waals surface area contributed by atoms with Crippen LogP contribution >= 0.6 is 11.3 Å². The van der Waals surface area contributed by atoms with Crippen molar-refractivity contribution in [2.45, 2.75) is 12.8 Å². The second kappa shape index (κ2) is 7.73. The molecular formula is C11H13BF4N2O3S2. The van der Waals surface area contributed by atoms with Gasteiger partial charge in [-0.25, -0.2) is 8.42 Å². The summed E-state index contributed by atoms with van der Waals surface area (Å²) in [6.45, 7) is 0. The van der Waals surface area contributed by atoms with E-state index < -0.39 is 17.3 Å². The van der Waals surface area contributed by atoms with Crippen LogP contribution in [0.1, 0.15) is 11.4 Å². The van der Waals surface area contributed by atoms with Crippen molar-refractivity contribution in [2.24, 2.45) is 0 Å². The van der Waals surface area contributed by atoms with Gasteiger partial charge in [0.25, 0.3) is 20.5 Å². The second-order valence-corrected chi connectivity index (χ2v) is 7.20. The number of aldehydes is 1. The van der Waals surface area contributed by atoms with Crippen LogP contribution in [0.3, 0.4) is 0 Å². The van der Waals surface area contributed by atoms with Crippen LogP contribution in [0.5, 0.6) is 0 Å². The van der Waals surface area contributed by atoms with E-state index in [1.165, 1.54) is 11.3 Å². The molecule has 0 aliphatic heterocycles. The number of hydrogen-bond acceptors (Lipinski definition) is 4. The number of carbonyl (C=O) groups is 1. The molecule has 2 aromatic rings. The Balaban J connectivity index is 0.000000463. The van der Waals surface area contributed by atoms with E-state index in [-0.39, 0.29) is 0 Å². The molecule has 0 unspecified atom stereocenters. The summed E-state index contributed by atoms with van der Waals surface area (Å²) in [5.74, 6) is 0. The highest BCUT2D eigenvalue weighted by Gasteiger charge is 2.23. The Morgan fingerprint density at radius 1 is 1.26 bits per heavy atom. The summed E-state index contributed by atoms with van der Waals surface area (Å²) in [5.41, 5.74) is 0.800. The molecule has 0 bridgehead atoms. The number of benzene rings is 1. The minimum absolute atomic E-state index is 0.373. The van der Waals surface area contributed by atoms with Crippen LogP contribution in [0, 0.1) is 0 Å². The van der Waals surface area contributed by atoms with Crippen LogP contribution in [-0.4, -0.2) is 28.2 Å². The van der Waals surface area contributed by atoms with Gasteiger partial charge in [-0.3, -0.25) is 0 Å². The van der Waals surface area contributed by atoms with Crippen molar-refractivity contribution in [2.75, 3.05) is 11.1 Å². The minimum atomic E-state index is -6.00. The van der Waals surface area contributed by atoms with Gasteiger partial charge < -0.3 is 22.1 Å². The van der Waals surface area contributed by atoms with Crippen LogP contribution < -0.4 is 9.51 Å². The van der Waals surface area contributed by atoms with Crippen molar-refractivity contribution >= 4 is 45.1 Å². The van der Waals surface area contributed by atoms with Gasteiger partial charge >= 0.3 is 7.25 Å². The zero-order valence-corrected chi connectivity index (χ0v) is 13.5. The first-order valence-electron chi connectivity index (χ1n) is 6.22. The Kier molecular flexibility index (Phi) is 6.51. The van der Waals surface area contributed by atoms with Gasteiger partial charge in [-0.2, -0.15) is 0 Å². The van der Waals surface area contributed by atoms with Crippen LogP contribution in [0.25, 0.3) is 10.2 Å². The number of nitrogens with one attached hydrogen (secondary N) is 1. The maximum absolute atomic E-state index is 11.4. The number of rotatable bonds is 5. The summed E-state index contributed by atoms with van der Waals surface area (Å²) in [6.07, 6.45) is 2.83. The fourth-order valence-electron chi connectivity index (χ4n) is 1.65. The van der Waals surface area contributed by atoms with E-state index in [1.54, 1.807) is 4.68 Å². The molecule has 5 nitrogen and oxygen atoms in total. The van der Waals surface area contributed by atoms with E-state index >= 15 is 0 Å². The van der Waals surface area contributed by atoms with Gasteiger partial charge in [0.1, 0.15) is 11.0 Å². The number of nitrogens with zero attached hydrogens (tertiary/aromatic N) is 1. The summed E-state index contributed by atoms with van der Waals surface area (Å²) in [5, 5.41) is 0.814. The van der Waals surface area contributed by atoms with E-state index in [9.17, 15) is 30.5 Å². The Labute approximate surface area is 134 Å². The summed E-state index contributed by atoms with van der Waals surface area (Å²) >= 11 is 1.48. The molecule has 0 fully saturated rings. The van der Waals surface area contributed by atoms with Gasteiger partial charge in [0.05, 0.1) is 12.7 Å². The number of para-hydroxylation sites is 1. The molecule has 0 amide bonds.